The van der Waals surface area contributed by atoms with Crippen LogP contribution in [-0.4, -0.2) is 21.8 Å². The molecule has 1 heterocycles. The molecule has 1 N–H and O–H groups in total. The van der Waals surface area contributed by atoms with Crippen LogP contribution >= 0.6 is 34.8 Å². The summed E-state index contributed by atoms with van der Waals surface area (Å²) in [4.78, 5) is 18.1. The van der Waals surface area contributed by atoms with E-state index in [9.17, 15) is 4.79 Å². The second-order valence-electron chi connectivity index (χ2n) is 2.03. The molecule has 13 heavy (non-hydrogen) atoms. The summed E-state index contributed by atoms with van der Waals surface area (Å²) in [7, 11) is 0. The van der Waals surface area contributed by atoms with Crippen molar-refractivity contribution in [2.45, 2.75) is 0 Å². The van der Waals surface area contributed by atoms with E-state index in [2.05, 4.69) is 15.3 Å². The Morgan fingerprint density at radius 3 is 2.69 bits per heavy atom. The van der Waals surface area contributed by atoms with Crippen LogP contribution in [0.15, 0.2) is 6.07 Å². The minimum absolute atomic E-state index is 0.0302. The van der Waals surface area contributed by atoms with Crippen molar-refractivity contribution >= 4 is 46.5 Å². The number of rotatable bonds is 2. The lowest BCUT2D eigenvalue weighted by molar-refractivity contribution is -0.113. The third-order valence-electron chi connectivity index (χ3n) is 1.06. The second-order valence-corrected chi connectivity index (χ2v) is 3.02. The van der Waals surface area contributed by atoms with Gasteiger partial charge >= 0.3 is 0 Å². The third kappa shape index (κ3) is 3.34. The first-order chi connectivity index (χ1) is 6.11. The van der Waals surface area contributed by atoms with Gasteiger partial charge in [0, 0.05) is 6.07 Å². The highest BCUT2D eigenvalue weighted by molar-refractivity contribution is 6.32. The molecule has 0 saturated heterocycles. The van der Waals surface area contributed by atoms with Gasteiger partial charge in [0.05, 0.1) is 0 Å². The van der Waals surface area contributed by atoms with Crippen LogP contribution in [0.2, 0.25) is 10.4 Å². The van der Waals surface area contributed by atoms with Crippen LogP contribution in [0.5, 0.6) is 0 Å². The molecule has 4 nitrogen and oxygen atoms in total. The topological polar surface area (TPSA) is 54.9 Å². The smallest absolute Gasteiger partial charge is 0.240 e. The molecule has 0 aliphatic heterocycles. The Balaban J connectivity index is 2.83. The van der Waals surface area contributed by atoms with E-state index in [1.165, 1.54) is 6.07 Å². The fraction of sp³-hybridized carbons (Fsp3) is 0.167. The monoisotopic (exact) mass is 239 g/mol. The molecule has 0 saturated carbocycles. The van der Waals surface area contributed by atoms with Crippen molar-refractivity contribution in [3.8, 4) is 0 Å². The Morgan fingerprint density at radius 2 is 2.15 bits per heavy atom. The predicted molar refractivity (Wildman–Crippen MR) is 51.4 cm³/mol. The molecule has 1 amide bonds. The molecule has 1 aromatic rings. The molecule has 0 radical (unpaired) electrons. The third-order valence-corrected chi connectivity index (χ3v) is 1.66. The summed E-state index contributed by atoms with van der Waals surface area (Å²) in [5.74, 6) is -0.303. The summed E-state index contributed by atoms with van der Waals surface area (Å²) in [5.41, 5.74) is 0. The van der Waals surface area contributed by atoms with Gasteiger partial charge in [-0.2, -0.15) is 0 Å². The van der Waals surface area contributed by atoms with Crippen LogP contribution in [-0.2, 0) is 4.79 Å². The summed E-state index contributed by atoms with van der Waals surface area (Å²) in [6.07, 6.45) is 0. The average molecular weight is 240 g/mol. The van der Waals surface area contributed by atoms with Crippen molar-refractivity contribution in [2.75, 3.05) is 11.2 Å². The summed E-state index contributed by atoms with van der Waals surface area (Å²) in [6.45, 7) is 0. The molecular formula is C6H4Cl3N3O. The first-order valence-electron chi connectivity index (χ1n) is 3.17. The maximum absolute atomic E-state index is 10.8. The fourth-order valence-corrected chi connectivity index (χ4v) is 1.11. The van der Waals surface area contributed by atoms with Gasteiger partial charge in [-0.1, -0.05) is 11.6 Å². The number of carbonyl (C=O) groups excluding carboxylic acids is 1. The largest absolute Gasteiger partial charge is 0.309 e. The van der Waals surface area contributed by atoms with E-state index in [4.69, 9.17) is 34.8 Å². The summed E-state index contributed by atoms with van der Waals surface area (Å²) < 4.78 is 0. The first-order valence-corrected chi connectivity index (χ1v) is 4.47. The molecule has 0 aliphatic carbocycles. The molecule has 1 rings (SSSR count). The SMILES string of the molecule is O=C(CCl)Nc1cc(Cl)nc(Cl)n1. The van der Waals surface area contributed by atoms with Crippen LogP contribution in [0, 0.1) is 0 Å². The van der Waals surface area contributed by atoms with Gasteiger partial charge < -0.3 is 5.32 Å². The minimum Gasteiger partial charge on any atom is -0.309 e. The number of hydrogen-bond donors (Lipinski definition) is 1. The van der Waals surface area contributed by atoms with Gasteiger partial charge in [0.2, 0.25) is 11.2 Å². The zero-order valence-electron chi connectivity index (χ0n) is 6.22. The maximum atomic E-state index is 10.8. The Bertz CT molecular complexity index is 311. The lowest BCUT2D eigenvalue weighted by atomic mass is 10.5. The van der Waals surface area contributed by atoms with Crippen molar-refractivity contribution in [1.82, 2.24) is 9.97 Å². The highest BCUT2D eigenvalue weighted by Crippen LogP contribution is 2.14. The van der Waals surface area contributed by atoms with Gasteiger partial charge in [-0.05, 0) is 11.6 Å². The maximum Gasteiger partial charge on any atom is 0.240 e. The number of alkyl halides is 1. The number of carbonyl (C=O) groups is 1. The van der Waals surface area contributed by atoms with E-state index in [1.54, 1.807) is 0 Å². The molecule has 0 atom stereocenters. The van der Waals surface area contributed by atoms with Gasteiger partial charge in [-0.3, -0.25) is 4.79 Å². The summed E-state index contributed by atoms with van der Waals surface area (Å²) >= 11 is 16.3. The number of hydrogen-bond acceptors (Lipinski definition) is 3. The predicted octanol–water partition coefficient (Wildman–Crippen LogP) is 1.96. The van der Waals surface area contributed by atoms with Gasteiger partial charge in [-0.15, -0.1) is 11.6 Å². The van der Waals surface area contributed by atoms with E-state index in [0.717, 1.165) is 0 Å². The van der Waals surface area contributed by atoms with Crippen molar-refractivity contribution < 1.29 is 4.79 Å². The van der Waals surface area contributed by atoms with Gasteiger partial charge in [-0.25, -0.2) is 9.97 Å². The molecule has 7 heteroatoms. The highest BCUT2D eigenvalue weighted by Gasteiger charge is 2.04. The van der Waals surface area contributed by atoms with Crippen molar-refractivity contribution in [3.63, 3.8) is 0 Å². The Morgan fingerprint density at radius 1 is 1.46 bits per heavy atom. The molecule has 70 valence electrons. The number of amides is 1. The Hall–Kier alpha value is -0.580. The van der Waals surface area contributed by atoms with Crippen molar-refractivity contribution in [2.24, 2.45) is 0 Å². The normalized spacial score (nSPS) is 9.77. The van der Waals surface area contributed by atoms with Crippen LogP contribution in [0.3, 0.4) is 0 Å². The molecule has 0 aromatic carbocycles. The van der Waals surface area contributed by atoms with Gasteiger partial charge in [0.1, 0.15) is 16.9 Å². The fourth-order valence-electron chi connectivity index (χ4n) is 0.630. The van der Waals surface area contributed by atoms with Crippen molar-refractivity contribution in [1.29, 1.82) is 0 Å². The first kappa shape index (κ1) is 10.5. The van der Waals surface area contributed by atoms with Crippen LogP contribution < -0.4 is 5.32 Å². The molecule has 1 aromatic heterocycles. The number of halogens is 3. The zero-order valence-corrected chi connectivity index (χ0v) is 8.49. The lowest BCUT2D eigenvalue weighted by Crippen LogP contribution is -2.13. The van der Waals surface area contributed by atoms with E-state index in [0.29, 0.717) is 0 Å². The molecule has 0 unspecified atom stereocenters. The zero-order chi connectivity index (χ0) is 9.84. The Kier molecular flexibility index (Phi) is 3.71. The summed E-state index contributed by atoms with van der Waals surface area (Å²) in [5, 5.41) is 2.51. The van der Waals surface area contributed by atoms with E-state index < -0.39 is 0 Å². The van der Waals surface area contributed by atoms with Gasteiger partial charge in [0.25, 0.3) is 0 Å². The quantitative estimate of drug-likeness (QED) is 0.488. The molecule has 0 bridgehead atoms. The molecule has 0 aliphatic rings. The van der Waals surface area contributed by atoms with Gasteiger partial charge in [0.15, 0.2) is 0 Å². The van der Waals surface area contributed by atoms with Crippen LogP contribution in [0.1, 0.15) is 0 Å². The lowest BCUT2D eigenvalue weighted by Gasteiger charge is -2.01. The number of anilines is 1. The molecule has 0 spiro atoms. The van der Waals surface area contributed by atoms with Crippen LogP contribution in [0.4, 0.5) is 5.82 Å². The Labute approximate surface area is 89.2 Å². The number of aromatic nitrogens is 2. The molecule has 0 fully saturated rings. The van der Waals surface area contributed by atoms with Crippen LogP contribution in [0.25, 0.3) is 0 Å². The van der Waals surface area contributed by atoms with E-state index >= 15 is 0 Å². The minimum atomic E-state index is -0.382. The second kappa shape index (κ2) is 4.60. The number of nitrogens with one attached hydrogen (secondary N) is 1. The highest BCUT2D eigenvalue weighted by atomic mass is 35.5. The van der Waals surface area contributed by atoms with E-state index in [1.807, 2.05) is 0 Å². The number of nitrogens with zero attached hydrogens (tertiary/aromatic N) is 2. The van der Waals surface area contributed by atoms with Crippen molar-refractivity contribution in [3.05, 3.63) is 16.5 Å². The average Bonchev–Trinajstić information content (AvgIpc) is 2.02. The standard InChI is InChI=1S/C6H4Cl3N3O/c7-2-5(13)11-4-1-3(8)10-6(9)12-4/h1H,2H2,(H,10,11,12,13). The summed E-state index contributed by atoms with van der Waals surface area (Å²) in [6, 6.07) is 1.37. The van der Waals surface area contributed by atoms with E-state index in [-0.39, 0.29) is 28.0 Å². The molecular weight excluding hydrogens is 236 g/mol.